The summed E-state index contributed by atoms with van der Waals surface area (Å²) >= 11 is 0. The summed E-state index contributed by atoms with van der Waals surface area (Å²) in [7, 11) is 1.76. The highest BCUT2D eigenvalue weighted by atomic mass is 19.1. The molecule has 0 N–H and O–H groups in total. The Morgan fingerprint density at radius 2 is 2.12 bits per heavy atom. The van der Waals surface area contributed by atoms with E-state index in [1.807, 2.05) is 31.2 Å². The molecule has 128 valence electrons. The van der Waals surface area contributed by atoms with Gasteiger partial charge < -0.3 is 9.64 Å². The molecule has 2 heterocycles. The Bertz CT molecular complexity index is 712. The molecule has 0 radical (unpaired) electrons. The topological polar surface area (TPSA) is 47.4 Å². The molecule has 3 rings (SSSR count). The van der Waals surface area contributed by atoms with Crippen molar-refractivity contribution in [2.75, 3.05) is 26.4 Å². The first-order valence-electron chi connectivity index (χ1n) is 8.25. The Morgan fingerprint density at radius 1 is 1.38 bits per heavy atom. The zero-order valence-electron chi connectivity index (χ0n) is 14.0. The molecule has 2 aromatic rings. The number of hydrogen-bond acceptors (Lipinski definition) is 3. The number of amides is 1. The SMILES string of the molecule is CCOc1ccc(-c2cc(C(=O)N3CCC(CF)C3)n(C)n2)cc1. The minimum absolute atomic E-state index is 0.0345. The van der Waals surface area contributed by atoms with Gasteiger partial charge in [0.2, 0.25) is 0 Å². The zero-order valence-corrected chi connectivity index (χ0v) is 14.0. The van der Waals surface area contributed by atoms with Crippen LogP contribution in [0.5, 0.6) is 5.75 Å². The monoisotopic (exact) mass is 331 g/mol. The van der Waals surface area contributed by atoms with Crippen LogP contribution in [0.1, 0.15) is 23.8 Å². The number of nitrogens with zero attached hydrogens (tertiary/aromatic N) is 3. The van der Waals surface area contributed by atoms with Crippen LogP contribution in [0.25, 0.3) is 11.3 Å². The zero-order chi connectivity index (χ0) is 17.1. The maximum atomic E-state index is 12.8. The fourth-order valence-corrected chi connectivity index (χ4v) is 3.00. The highest BCUT2D eigenvalue weighted by Crippen LogP contribution is 2.24. The molecule has 1 amide bonds. The van der Waals surface area contributed by atoms with Crippen LogP contribution in [0.3, 0.4) is 0 Å². The van der Waals surface area contributed by atoms with Gasteiger partial charge in [-0.3, -0.25) is 13.9 Å². The van der Waals surface area contributed by atoms with Crippen LogP contribution in [-0.2, 0) is 7.05 Å². The van der Waals surface area contributed by atoms with E-state index in [4.69, 9.17) is 4.74 Å². The second kappa shape index (κ2) is 7.03. The number of carbonyl (C=O) groups excluding carboxylic acids is 1. The normalized spacial score (nSPS) is 17.3. The number of likely N-dealkylation sites (tertiary alicyclic amines) is 1. The Hall–Kier alpha value is -2.37. The van der Waals surface area contributed by atoms with Crippen molar-refractivity contribution in [2.45, 2.75) is 13.3 Å². The molecule has 1 aliphatic heterocycles. The van der Waals surface area contributed by atoms with E-state index in [2.05, 4.69) is 5.10 Å². The van der Waals surface area contributed by atoms with Crippen molar-refractivity contribution in [2.24, 2.45) is 13.0 Å². The summed E-state index contributed by atoms with van der Waals surface area (Å²) in [5, 5.41) is 4.44. The summed E-state index contributed by atoms with van der Waals surface area (Å²) < 4.78 is 19.8. The number of aromatic nitrogens is 2. The smallest absolute Gasteiger partial charge is 0.272 e. The Labute approximate surface area is 141 Å². The van der Waals surface area contributed by atoms with Crippen molar-refractivity contribution < 1.29 is 13.9 Å². The van der Waals surface area contributed by atoms with E-state index in [-0.39, 0.29) is 18.5 Å². The molecule has 0 spiro atoms. The first-order chi connectivity index (χ1) is 11.6. The van der Waals surface area contributed by atoms with Crippen LogP contribution in [0.15, 0.2) is 30.3 Å². The number of hydrogen-bond donors (Lipinski definition) is 0. The Balaban J connectivity index is 1.78. The van der Waals surface area contributed by atoms with Crippen molar-refractivity contribution >= 4 is 5.91 Å². The van der Waals surface area contributed by atoms with E-state index in [0.29, 0.717) is 25.4 Å². The van der Waals surface area contributed by atoms with Crippen LogP contribution < -0.4 is 4.74 Å². The number of benzene rings is 1. The third-order valence-corrected chi connectivity index (χ3v) is 4.35. The molecule has 0 aliphatic carbocycles. The highest BCUT2D eigenvalue weighted by Gasteiger charge is 2.28. The molecule has 5 nitrogen and oxygen atoms in total. The standard InChI is InChI=1S/C18H22FN3O2/c1-3-24-15-6-4-14(5-7-15)16-10-17(21(2)20-16)18(23)22-9-8-13(11-19)12-22/h4-7,10,13H,3,8-9,11-12H2,1-2H3. The Morgan fingerprint density at radius 3 is 2.75 bits per heavy atom. The molecule has 1 aromatic carbocycles. The third kappa shape index (κ3) is 3.27. The van der Waals surface area contributed by atoms with Gasteiger partial charge in [-0.05, 0) is 43.7 Å². The largest absolute Gasteiger partial charge is 0.494 e. The molecule has 6 heteroatoms. The van der Waals surface area contributed by atoms with Gasteiger partial charge in [0.25, 0.3) is 5.91 Å². The summed E-state index contributed by atoms with van der Waals surface area (Å²) in [6, 6.07) is 9.43. The fraction of sp³-hybridized carbons (Fsp3) is 0.444. The van der Waals surface area contributed by atoms with Crippen molar-refractivity contribution in [3.8, 4) is 17.0 Å². The molecule has 1 saturated heterocycles. The number of carbonyl (C=O) groups is 1. The average molecular weight is 331 g/mol. The summed E-state index contributed by atoms with van der Waals surface area (Å²) in [4.78, 5) is 14.3. The summed E-state index contributed by atoms with van der Waals surface area (Å²) in [5.41, 5.74) is 2.19. The fourth-order valence-electron chi connectivity index (χ4n) is 3.00. The molecule has 1 unspecified atom stereocenters. The number of aryl methyl sites for hydroxylation is 1. The second-order valence-electron chi connectivity index (χ2n) is 6.06. The van der Waals surface area contributed by atoms with Gasteiger partial charge in [0.05, 0.1) is 19.0 Å². The van der Waals surface area contributed by atoms with Gasteiger partial charge in [0.15, 0.2) is 0 Å². The van der Waals surface area contributed by atoms with Gasteiger partial charge in [0.1, 0.15) is 11.4 Å². The first kappa shape index (κ1) is 16.5. The van der Waals surface area contributed by atoms with Gasteiger partial charge in [-0.25, -0.2) is 0 Å². The van der Waals surface area contributed by atoms with Crippen molar-refractivity contribution in [3.05, 3.63) is 36.0 Å². The molecular formula is C18H22FN3O2. The third-order valence-electron chi connectivity index (χ3n) is 4.35. The minimum atomic E-state index is -0.368. The molecule has 0 bridgehead atoms. The van der Waals surface area contributed by atoms with Crippen LogP contribution in [0.2, 0.25) is 0 Å². The van der Waals surface area contributed by atoms with E-state index in [1.54, 1.807) is 22.7 Å². The lowest BCUT2D eigenvalue weighted by Gasteiger charge is -2.15. The predicted molar refractivity (Wildman–Crippen MR) is 89.8 cm³/mol. The maximum absolute atomic E-state index is 12.8. The molecule has 1 atom stereocenters. The maximum Gasteiger partial charge on any atom is 0.272 e. The molecule has 1 fully saturated rings. The van der Waals surface area contributed by atoms with Gasteiger partial charge in [0, 0.05) is 31.6 Å². The molecule has 1 aliphatic rings. The second-order valence-corrected chi connectivity index (χ2v) is 6.06. The van der Waals surface area contributed by atoms with Gasteiger partial charge in [-0.1, -0.05) is 0 Å². The number of ether oxygens (including phenoxy) is 1. The van der Waals surface area contributed by atoms with Crippen LogP contribution in [0, 0.1) is 5.92 Å². The summed E-state index contributed by atoms with van der Waals surface area (Å²) in [6.07, 6.45) is 0.728. The lowest BCUT2D eigenvalue weighted by Crippen LogP contribution is -2.30. The molecule has 1 aromatic heterocycles. The van der Waals surface area contributed by atoms with Crippen molar-refractivity contribution in [1.29, 1.82) is 0 Å². The van der Waals surface area contributed by atoms with Gasteiger partial charge in [-0.2, -0.15) is 5.10 Å². The average Bonchev–Trinajstić information content (AvgIpc) is 3.22. The van der Waals surface area contributed by atoms with Crippen molar-refractivity contribution in [3.63, 3.8) is 0 Å². The van der Waals surface area contributed by atoms with Crippen LogP contribution >= 0.6 is 0 Å². The number of rotatable bonds is 5. The predicted octanol–water partition coefficient (Wildman–Crippen LogP) is 2.92. The van der Waals surface area contributed by atoms with Crippen LogP contribution in [0.4, 0.5) is 4.39 Å². The van der Waals surface area contributed by atoms with E-state index < -0.39 is 0 Å². The van der Waals surface area contributed by atoms with E-state index >= 15 is 0 Å². The highest BCUT2D eigenvalue weighted by molar-refractivity contribution is 5.94. The molecule has 0 saturated carbocycles. The minimum Gasteiger partial charge on any atom is -0.494 e. The number of alkyl halides is 1. The molecular weight excluding hydrogens is 309 g/mol. The quantitative estimate of drug-likeness (QED) is 0.846. The molecule has 24 heavy (non-hydrogen) atoms. The van der Waals surface area contributed by atoms with E-state index in [1.165, 1.54) is 0 Å². The van der Waals surface area contributed by atoms with Crippen LogP contribution in [-0.4, -0.2) is 47.0 Å². The lowest BCUT2D eigenvalue weighted by atomic mass is 10.1. The summed E-state index contributed by atoms with van der Waals surface area (Å²) in [5.74, 6) is 0.689. The summed E-state index contributed by atoms with van der Waals surface area (Å²) in [6.45, 7) is 3.29. The van der Waals surface area contributed by atoms with Gasteiger partial charge >= 0.3 is 0 Å². The first-order valence-corrected chi connectivity index (χ1v) is 8.25. The van der Waals surface area contributed by atoms with E-state index in [9.17, 15) is 9.18 Å². The lowest BCUT2D eigenvalue weighted by molar-refractivity contribution is 0.0774. The van der Waals surface area contributed by atoms with Gasteiger partial charge in [-0.15, -0.1) is 0 Å². The van der Waals surface area contributed by atoms with Crippen molar-refractivity contribution in [1.82, 2.24) is 14.7 Å². The van der Waals surface area contributed by atoms with E-state index in [0.717, 1.165) is 23.4 Å². The Kier molecular flexibility index (Phi) is 4.83. The number of halogens is 1.